The lowest BCUT2D eigenvalue weighted by molar-refractivity contribution is 0.102. The molecule has 0 aliphatic rings. The third kappa shape index (κ3) is 2.94. The molecule has 2 aromatic carbocycles. The standard InChI is InChI=1S/C17H13N5O2S/c1-22-15-6-5-11(8-13(15)20-21-22)16(24)19-17-18-14(9-25-17)10-3-2-4-12(23)7-10/h2-9,23H,1H3,(H,18,19,24). The number of aryl methyl sites for hydroxylation is 1. The number of anilines is 1. The molecule has 8 heteroatoms. The number of hydrogen-bond donors (Lipinski definition) is 2. The molecule has 124 valence electrons. The van der Waals surface area contributed by atoms with Crippen molar-refractivity contribution in [3.63, 3.8) is 0 Å². The van der Waals surface area contributed by atoms with Crippen LogP contribution in [0.25, 0.3) is 22.3 Å². The summed E-state index contributed by atoms with van der Waals surface area (Å²) in [5.41, 5.74) is 3.49. The first-order valence-electron chi connectivity index (χ1n) is 7.46. The van der Waals surface area contributed by atoms with Crippen LogP contribution in [0.3, 0.4) is 0 Å². The molecule has 0 atom stereocenters. The van der Waals surface area contributed by atoms with Crippen LogP contribution in [0.15, 0.2) is 47.8 Å². The van der Waals surface area contributed by atoms with Gasteiger partial charge in [-0.05, 0) is 30.3 Å². The Kier molecular flexibility index (Phi) is 3.66. The molecule has 4 rings (SSSR count). The van der Waals surface area contributed by atoms with E-state index in [1.807, 2.05) is 17.5 Å². The van der Waals surface area contributed by atoms with Gasteiger partial charge in [-0.2, -0.15) is 0 Å². The van der Waals surface area contributed by atoms with E-state index < -0.39 is 0 Å². The highest BCUT2D eigenvalue weighted by Gasteiger charge is 2.12. The zero-order valence-electron chi connectivity index (χ0n) is 13.2. The van der Waals surface area contributed by atoms with Crippen molar-refractivity contribution in [3.8, 4) is 17.0 Å². The Hall–Kier alpha value is -3.26. The molecule has 2 heterocycles. The van der Waals surface area contributed by atoms with Crippen molar-refractivity contribution in [3.05, 3.63) is 53.4 Å². The third-order valence-electron chi connectivity index (χ3n) is 3.74. The second kappa shape index (κ2) is 5.99. The molecule has 0 spiro atoms. The van der Waals surface area contributed by atoms with Crippen molar-refractivity contribution >= 4 is 33.4 Å². The summed E-state index contributed by atoms with van der Waals surface area (Å²) in [4.78, 5) is 16.8. The van der Waals surface area contributed by atoms with Gasteiger partial charge in [-0.3, -0.25) is 10.1 Å². The zero-order chi connectivity index (χ0) is 17.4. The molecule has 4 aromatic rings. The number of benzene rings is 2. The molecule has 0 saturated carbocycles. The Morgan fingerprint density at radius 3 is 2.96 bits per heavy atom. The molecule has 0 aliphatic carbocycles. The normalized spacial score (nSPS) is 10.9. The monoisotopic (exact) mass is 351 g/mol. The summed E-state index contributed by atoms with van der Waals surface area (Å²) in [5, 5.41) is 22.6. The first-order chi connectivity index (χ1) is 12.1. The number of aromatic hydroxyl groups is 1. The largest absolute Gasteiger partial charge is 0.508 e. The van der Waals surface area contributed by atoms with Gasteiger partial charge in [0.05, 0.1) is 11.2 Å². The van der Waals surface area contributed by atoms with Crippen molar-refractivity contribution in [2.75, 3.05) is 5.32 Å². The van der Waals surface area contributed by atoms with E-state index in [4.69, 9.17) is 0 Å². The Labute approximate surface area is 146 Å². The number of thiazole rings is 1. The van der Waals surface area contributed by atoms with Crippen LogP contribution in [0.2, 0.25) is 0 Å². The van der Waals surface area contributed by atoms with Gasteiger partial charge in [0.15, 0.2) is 5.13 Å². The van der Waals surface area contributed by atoms with Crippen LogP contribution < -0.4 is 5.32 Å². The summed E-state index contributed by atoms with van der Waals surface area (Å²) in [6.45, 7) is 0. The number of carbonyl (C=O) groups excluding carboxylic acids is 1. The van der Waals surface area contributed by atoms with Crippen LogP contribution in [0.1, 0.15) is 10.4 Å². The predicted octanol–water partition coefficient (Wildman–Crippen LogP) is 3.05. The van der Waals surface area contributed by atoms with Crippen LogP contribution in [0.4, 0.5) is 5.13 Å². The number of amides is 1. The Morgan fingerprint density at radius 1 is 1.24 bits per heavy atom. The number of hydrogen-bond acceptors (Lipinski definition) is 6. The predicted molar refractivity (Wildman–Crippen MR) is 95.7 cm³/mol. The lowest BCUT2D eigenvalue weighted by Crippen LogP contribution is -2.11. The molecule has 0 fully saturated rings. The van der Waals surface area contributed by atoms with Crippen molar-refractivity contribution in [2.24, 2.45) is 7.05 Å². The highest BCUT2D eigenvalue weighted by molar-refractivity contribution is 7.14. The van der Waals surface area contributed by atoms with E-state index >= 15 is 0 Å². The van der Waals surface area contributed by atoms with Gasteiger partial charge in [0.1, 0.15) is 11.3 Å². The average molecular weight is 351 g/mol. The van der Waals surface area contributed by atoms with Crippen molar-refractivity contribution in [1.29, 1.82) is 0 Å². The number of phenolic OH excluding ortho intramolecular Hbond substituents is 1. The minimum absolute atomic E-state index is 0.174. The van der Waals surface area contributed by atoms with E-state index in [2.05, 4.69) is 20.6 Å². The number of carbonyl (C=O) groups is 1. The summed E-state index contributed by atoms with van der Waals surface area (Å²) in [7, 11) is 1.80. The highest BCUT2D eigenvalue weighted by Crippen LogP contribution is 2.27. The number of nitrogens with one attached hydrogen (secondary N) is 1. The van der Waals surface area contributed by atoms with E-state index in [0.717, 1.165) is 11.1 Å². The second-order valence-corrected chi connectivity index (χ2v) is 6.32. The number of aromatic nitrogens is 4. The molecule has 7 nitrogen and oxygen atoms in total. The topological polar surface area (TPSA) is 92.9 Å². The fourth-order valence-electron chi connectivity index (χ4n) is 2.48. The summed E-state index contributed by atoms with van der Waals surface area (Å²) >= 11 is 1.32. The summed E-state index contributed by atoms with van der Waals surface area (Å²) in [6.07, 6.45) is 0. The zero-order valence-corrected chi connectivity index (χ0v) is 14.0. The fraction of sp³-hybridized carbons (Fsp3) is 0.0588. The SMILES string of the molecule is Cn1nnc2cc(C(=O)Nc3nc(-c4cccc(O)c4)cs3)ccc21. The average Bonchev–Trinajstić information content (AvgIpc) is 3.22. The molecule has 1 amide bonds. The molecule has 0 radical (unpaired) electrons. The number of fused-ring (bicyclic) bond motifs is 1. The van der Waals surface area contributed by atoms with Gasteiger partial charge in [-0.25, -0.2) is 9.67 Å². The maximum absolute atomic E-state index is 12.4. The molecule has 0 aliphatic heterocycles. The summed E-state index contributed by atoms with van der Waals surface area (Å²) in [6, 6.07) is 12.1. The molecule has 0 saturated heterocycles. The van der Waals surface area contributed by atoms with Gasteiger partial charge in [0.25, 0.3) is 5.91 Å². The summed E-state index contributed by atoms with van der Waals surface area (Å²) < 4.78 is 1.65. The van der Waals surface area contributed by atoms with Crippen LogP contribution in [0.5, 0.6) is 5.75 Å². The highest BCUT2D eigenvalue weighted by atomic mass is 32.1. The second-order valence-electron chi connectivity index (χ2n) is 5.46. The minimum atomic E-state index is -0.260. The van der Waals surface area contributed by atoms with Crippen molar-refractivity contribution in [2.45, 2.75) is 0 Å². The Morgan fingerprint density at radius 2 is 2.12 bits per heavy atom. The minimum Gasteiger partial charge on any atom is -0.508 e. The Bertz CT molecular complexity index is 1090. The van der Waals surface area contributed by atoms with Crippen LogP contribution >= 0.6 is 11.3 Å². The first kappa shape index (κ1) is 15.3. The molecule has 2 N–H and O–H groups in total. The van der Waals surface area contributed by atoms with Gasteiger partial charge in [0.2, 0.25) is 0 Å². The van der Waals surface area contributed by atoms with E-state index in [9.17, 15) is 9.90 Å². The molecule has 2 aromatic heterocycles. The van der Waals surface area contributed by atoms with E-state index in [-0.39, 0.29) is 11.7 Å². The van der Waals surface area contributed by atoms with E-state index in [1.54, 1.807) is 42.1 Å². The first-order valence-corrected chi connectivity index (χ1v) is 8.34. The smallest absolute Gasteiger partial charge is 0.257 e. The number of rotatable bonds is 3. The van der Waals surface area contributed by atoms with Crippen molar-refractivity contribution in [1.82, 2.24) is 20.0 Å². The van der Waals surface area contributed by atoms with E-state index in [1.165, 1.54) is 11.3 Å². The van der Waals surface area contributed by atoms with Gasteiger partial charge >= 0.3 is 0 Å². The van der Waals surface area contributed by atoms with Crippen LogP contribution in [0, 0.1) is 0 Å². The molecular weight excluding hydrogens is 338 g/mol. The van der Waals surface area contributed by atoms with Crippen LogP contribution in [-0.4, -0.2) is 31.0 Å². The van der Waals surface area contributed by atoms with E-state index in [0.29, 0.717) is 21.9 Å². The molecule has 0 bridgehead atoms. The lowest BCUT2D eigenvalue weighted by Gasteiger charge is -2.02. The third-order valence-corrected chi connectivity index (χ3v) is 4.50. The van der Waals surface area contributed by atoms with Gasteiger partial charge in [0, 0.05) is 23.6 Å². The Balaban J connectivity index is 1.56. The van der Waals surface area contributed by atoms with Gasteiger partial charge in [-0.15, -0.1) is 16.4 Å². The lowest BCUT2D eigenvalue weighted by atomic mass is 10.2. The quantitative estimate of drug-likeness (QED) is 0.592. The fourth-order valence-corrected chi connectivity index (χ4v) is 3.19. The molecular formula is C17H13N5O2S. The maximum Gasteiger partial charge on any atom is 0.257 e. The molecule has 0 unspecified atom stereocenters. The summed E-state index contributed by atoms with van der Waals surface area (Å²) in [5.74, 6) is -0.0854. The van der Waals surface area contributed by atoms with Gasteiger partial charge < -0.3 is 5.11 Å². The van der Waals surface area contributed by atoms with Crippen LogP contribution in [-0.2, 0) is 7.05 Å². The number of phenols is 1. The van der Waals surface area contributed by atoms with Crippen molar-refractivity contribution < 1.29 is 9.90 Å². The maximum atomic E-state index is 12.4. The van der Waals surface area contributed by atoms with Gasteiger partial charge in [-0.1, -0.05) is 17.3 Å². The number of nitrogens with zero attached hydrogens (tertiary/aromatic N) is 4. The molecule has 25 heavy (non-hydrogen) atoms.